The first-order valence-electron chi connectivity index (χ1n) is 6.05. The van der Waals surface area contributed by atoms with E-state index in [0.717, 1.165) is 22.4 Å². The van der Waals surface area contributed by atoms with Gasteiger partial charge in [-0.3, -0.25) is 4.98 Å². The van der Waals surface area contributed by atoms with Crippen molar-refractivity contribution in [3.63, 3.8) is 0 Å². The summed E-state index contributed by atoms with van der Waals surface area (Å²) in [5.74, 6) is 0.862. The van der Waals surface area contributed by atoms with Crippen molar-refractivity contribution in [3.05, 3.63) is 57.9 Å². The van der Waals surface area contributed by atoms with E-state index in [9.17, 15) is 0 Å². The third-order valence-electron chi connectivity index (χ3n) is 3.20. The molecule has 19 heavy (non-hydrogen) atoms. The van der Waals surface area contributed by atoms with Gasteiger partial charge in [0.2, 0.25) is 0 Å². The molecule has 0 aliphatic heterocycles. The largest absolute Gasteiger partial charge is 0.496 e. The Hall–Kier alpha value is -1.58. The SMILES string of the molecule is COc1cc(C)c(C(N)c2ncccc2Cl)cc1C. The van der Waals surface area contributed by atoms with E-state index in [-0.39, 0.29) is 6.04 Å². The number of hydrogen-bond acceptors (Lipinski definition) is 3. The van der Waals surface area contributed by atoms with Crippen molar-refractivity contribution in [2.24, 2.45) is 5.73 Å². The first-order chi connectivity index (χ1) is 9.04. The summed E-state index contributed by atoms with van der Waals surface area (Å²) in [4.78, 5) is 4.28. The van der Waals surface area contributed by atoms with Gasteiger partial charge in [-0.15, -0.1) is 0 Å². The Morgan fingerprint density at radius 3 is 2.63 bits per heavy atom. The molecule has 100 valence electrons. The highest BCUT2D eigenvalue weighted by Gasteiger charge is 2.17. The summed E-state index contributed by atoms with van der Waals surface area (Å²) in [6, 6.07) is 7.28. The van der Waals surface area contributed by atoms with Crippen molar-refractivity contribution >= 4 is 11.6 Å². The molecule has 0 bridgehead atoms. The molecular formula is C15H17ClN2O. The number of pyridine rings is 1. The van der Waals surface area contributed by atoms with Crippen LogP contribution in [-0.4, -0.2) is 12.1 Å². The second kappa shape index (κ2) is 5.59. The molecule has 2 aromatic rings. The molecule has 1 aromatic carbocycles. The molecule has 0 radical (unpaired) electrons. The predicted molar refractivity (Wildman–Crippen MR) is 77.7 cm³/mol. The second-order valence-corrected chi connectivity index (χ2v) is 4.93. The lowest BCUT2D eigenvalue weighted by Gasteiger charge is -2.17. The van der Waals surface area contributed by atoms with Gasteiger partial charge < -0.3 is 10.5 Å². The van der Waals surface area contributed by atoms with Gasteiger partial charge >= 0.3 is 0 Å². The van der Waals surface area contributed by atoms with Gasteiger partial charge in [0.05, 0.1) is 23.9 Å². The number of methoxy groups -OCH3 is 1. The van der Waals surface area contributed by atoms with Crippen LogP contribution in [0.5, 0.6) is 5.75 Å². The normalized spacial score (nSPS) is 12.3. The maximum atomic E-state index is 6.29. The minimum Gasteiger partial charge on any atom is -0.496 e. The van der Waals surface area contributed by atoms with Crippen molar-refractivity contribution in [1.82, 2.24) is 4.98 Å². The van der Waals surface area contributed by atoms with Gasteiger partial charge in [-0.05, 0) is 48.7 Å². The maximum absolute atomic E-state index is 6.29. The van der Waals surface area contributed by atoms with Crippen molar-refractivity contribution in [2.75, 3.05) is 7.11 Å². The first-order valence-corrected chi connectivity index (χ1v) is 6.43. The van der Waals surface area contributed by atoms with E-state index in [1.54, 1.807) is 25.4 Å². The molecule has 0 amide bonds. The Balaban J connectivity index is 2.48. The number of ether oxygens (including phenoxy) is 1. The highest BCUT2D eigenvalue weighted by molar-refractivity contribution is 6.31. The molecule has 2 rings (SSSR count). The molecule has 4 heteroatoms. The van der Waals surface area contributed by atoms with Crippen LogP contribution >= 0.6 is 11.6 Å². The molecular weight excluding hydrogens is 260 g/mol. The number of aryl methyl sites for hydroxylation is 2. The van der Waals surface area contributed by atoms with Crippen molar-refractivity contribution in [1.29, 1.82) is 0 Å². The van der Waals surface area contributed by atoms with Gasteiger partial charge in [-0.25, -0.2) is 0 Å². The van der Waals surface area contributed by atoms with Crippen molar-refractivity contribution in [2.45, 2.75) is 19.9 Å². The fraction of sp³-hybridized carbons (Fsp3) is 0.267. The number of nitrogens with two attached hydrogens (primary N) is 1. The van der Waals surface area contributed by atoms with Crippen LogP contribution in [0.15, 0.2) is 30.5 Å². The minimum absolute atomic E-state index is 0.335. The fourth-order valence-corrected chi connectivity index (χ4v) is 2.38. The lowest BCUT2D eigenvalue weighted by Crippen LogP contribution is -2.15. The van der Waals surface area contributed by atoms with Gasteiger partial charge in [0.25, 0.3) is 0 Å². The van der Waals surface area contributed by atoms with Crippen molar-refractivity contribution < 1.29 is 4.74 Å². The zero-order chi connectivity index (χ0) is 14.0. The van der Waals surface area contributed by atoms with Crippen LogP contribution in [0.2, 0.25) is 5.02 Å². The van der Waals surface area contributed by atoms with Gasteiger partial charge in [0.15, 0.2) is 0 Å². The quantitative estimate of drug-likeness (QED) is 0.935. The molecule has 0 spiro atoms. The molecule has 2 N–H and O–H groups in total. The molecule has 0 aliphatic carbocycles. The maximum Gasteiger partial charge on any atom is 0.122 e. The van der Waals surface area contributed by atoms with E-state index in [2.05, 4.69) is 4.98 Å². The third-order valence-corrected chi connectivity index (χ3v) is 3.52. The van der Waals surface area contributed by atoms with Crippen LogP contribution in [0.3, 0.4) is 0 Å². The summed E-state index contributed by atoms with van der Waals surface area (Å²) in [5.41, 5.74) is 10.1. The summed E-state index contributed by atoms with van der Waals surface area (Å²) in [6.45, 7) is 4.00. The summed E-state index contributed by atoms with van der Waals surface area (Å²) < 4.78 is 5.31. The molecule has 3 nitrogen and oxygen atoms in total. The molecule has 0 fully saturated rings. The second-order valence-electron chi connectivity index (χ2n) is 4.53. The van der Waals surface area contributed by atoms with E-state index in [1.807, 2.05) is 26.0 Å². The number of nitrogens with zero attached hydrogens (tertiary/aromatic N) is 1. The van der Waals surface area contributed by atoms with E-state index >= 15 is 0 Å². The monoisotopic (exact) mass is 276 g/mol. The molecule has 1 unspecified atom stereocenters. The number of rotatable bonds is 3. The number of benzene rings is 1. The molecule has 0 saturated heterocycles. The van der Waals surface area contributed by atoms with Gasteiger partial charge in [-0.2, -0.15) is 0 Å². The Kier molecular flexibility index (Phi) is 4.08. The zero-order valence-electron chi connectivity index (χ0n) is 11.3. The van der Waals surface area contributed by atoms with Crippen LogP contribution in [0.4, 0.5) is 0 Å². The highest BCUT2D eigenvalue weighted by atomic mass is 35.5. The summed E-state index contributed by atoms with van der Waals surface area (Å²) >= 11 is 6.15. The average Bonchev–Trinajstić information content (AvgIpc) is 2.40. The van der Waals surface area contributed by atoms with Crippen LogP contribution < -0.4 is 10.5 Å². The zero-order valence-corrected chi connectivity index (χ0v) is 12.0. The minimum atomic E-state index is -0.335. The third kappa shape index (κ3) is 2.72. The number of halogens is 1. The van der Waals surface area contributed by atoms with Gasteiger partial charge in [0, 0.05) is 6.20 Å². The molecule has 1 aromatic heterocycles. The Morgan fingerprint density at radius 2 is 2.00 bits per heavy atom. The van der Waals surface area contributed by atoms with Crippen LogP contribution in [0, 0.1) is 13.8 Å². The van der Waals surface area contributed by atoms with Crippen LogP contribution in [-0.2, 0) is 0 Å². The van der Waals surface area contributed by atoms with E-state index in [1.165, 1.54) is 0 Å². The Morgan fingerprint density at radius 1 is 1.26 bits per heavy atom. The van der Waals surface area contributed by atoms with Crippen molar-refractivity contribution in [3.8, 4) is 5.75 Å². The molecule has 1 atom stereocenters. The summed E-state index contributed by atoms with van der Waals surface area (Å²) in [5, 5.41) is 0.586. The molecule has 1 heterocycles. The fourth-order valence-electron chi connectivity index (χ4n) is 2.14. The highest BCUT2D eigenvalue weighted by Crippen LogP contribution is 2.30. The number of hydrogen-bond donors (Lipinski definition) is 1. The molecule has 0 aliphatic rings. The van der Waals surface area contributed by atoms with Gasteiger partial charge in [-0.1, -0.05) is 17.7 Å². The lowest BCUT2D eigenvalue weighted by atomic mass is 9.96. The Bertz CT molecular complexity index is 599. The molecule has 0 saturated carbocycles. The van der Waals surface area contributed by atoms with Crippen LogP contribution in [0.1, 0.15) is 28.4 Å². The lowest BCUT2D eigenvalue weighted by molar-refractivity contribution is 0.411. The number of aromatic nitrogens is 1. The first kappa shape index (κ1) is 13.8. The van der Waals surface area contributed by atoms with Crippen LogP contribution in [0.25, 0.3) is 0 Å². The summed E-state index contributed by atoms with van der Waals surface area (Å²) in [6.07, 6.45) is 1.70. The van der Waals surface area contributed by atoms with Gasteiger partial charge in [0.1, 0.15) is 5.75 Å². The topological polar surface area (TPSA) is 48.1 Å². The van der Waals surface area contributed by atoms with E-state index in [0.29, 0.717) is 10.7 Å². The van der Waals surface area contributed by atoms with E-state index in [4.69, 9.17) is 22.1 Å². The summed E-state index contributed by atoms with van der Waals surface area (Å²) in [7, 11) is 1.66. The smallest absolute Gasteiger partial charge is 0.122 e. The predicted octanol–water partition coefficient (Wildman–Crippen LogP) is 3.41. The Labute approximate surface area is 118 Å². The van der Waals surface area contributed by atoms with E-state index < -0.39 is 0 Å². The average molecular weight is 277 g/mol. The standard InChI is InChI=1S/C15H17ClN2O/c1-9-8-13(19-3)10(2)7-11(9)14(17)15-12(16)5-4-6-18-15/h4-8,14H,17H2,1-3H3.